The van der Waals surface area contributed by atoms with E-state index >= 15 is 0 Å². The molecule has 0 aliphatic carbocycles. The highest BCUT2D eigenvalue weighted by Crippen LogP contribution is 2.18. The van der Waals surface area contributed by atoms with Crippen LogP contribution in [0.15, 0.2) is 0 Å². The molecule has 0 saturated heterocycles. The van der Waals surface area contributed by atoms with Crippen molar-refractivity contribution in [3.63, 3.8) is 0 Å². The van der Waals surface area contributed by atoms with Crippen LogP contribution in [0, 0.1) is 0 Å². The summed E-state index contributed by atoms with van der Waals surface area (Å²) < 4.78 is 1.44. The molecule has 1 nitrogen and oxygen atoms in total. The van der Waals surface area contributed by atoms with Gasteiger partial charge in [0.05, 0.1) is 26.2 Å². The lowest BCUT2D eigenvalue weighted by Crippen LogP contribution is -2.50. The Morgan fingerprint density at radius 2 is 0.667 bits per heavy atom. The minimum atomic E-state index is 0. The quantitative estimate of drug-likeness (QED) is 0.220. The zero-order valence-electron chi connectivity index (χ0n) is 16.8. The summed E-state index contributed by atoms with van der Waals surface area (Å²) in [5, 5.41) is 0. The topological polar surface area (TPSA) is 0 Å². The third kappa shape index (κ3) is 11.2. The standard InChI is InChI=1S/C20H44N.H/c1-5-9-13-17-21(18-14-10-6-2,19-15-11-7-3)20-16-12-8-4;/h5-20H2,1-4H3;/q+1;-1. The first-order valence-electron chi connectivity index (χ1n) is 10.1. The van der Waals surface area contributed by atoms with Gasteiger partial charge in [0.1, 0.15) is 0 Å². The molecule has 0 N–H and O–H groups in total. The van der Waals surface area contributed by atoms with Gasteiger partial charge in [-0.05, 0) is 51.4 Å². The summed E-state index contributed by atoms with van der Waals surface area (Å²) in [5.41, 5.74) is 0. The van der Waals surface area contributed by atoms with Gasteiger partial charge in [-0.15, -0.1) is 0 Å². The fourth-order valence-electron chi connectivity index (χ4n) is 3.46. The molecule has 0 unspecified atom stereocenters. The first kappa shape index (κ1) is 21.0. The number of rotatable bonds is 16. The molecule has 0 heterocycles. The Bertz CT molecular complexity index is 160. The van der Waals surface area contributed by atoms with Crippen LogP contribution in [-0.4, -0.2) is 30.7 Å². The highest BCUT2D eigenvalue weighted by Gasteiger charge is 2.25. The smallest absolute Gasteiger partial charge is 0.0786 e. The van der Waals surface area contributed by atoms with Crippen molar-refractivity contribution in [3.05, 3.63) is 0 Å². The maximum absolute atomic E-state index is 2.33. The van der Waals surface area contributed by atoms with Crippen LogP contribution in [0.1, 0.15) is 106 Å². The van der Waals surface area contributed by atoms with Crippen LogP contribution in [-0.2, 0) is 0 Å². The molecule has 0 rings (SSSR count). The van der Waals surface area contributed by atoms with E-state index in [2.05, 4.69) is 27.7 Å². The van der Waals surface area contributed by atoms with Crippen molar-refractivity contribution in [1.29, 1.82) is 0 Å². The predicted molar refractivity (Wildman–Crippen MR) is 98.9 cm³/mol. The molecule has 0 saturated carbocycles. The first-order chi connectivity index (χ1) is 10.2. The number of nitrogens with zero attached hydrogens (tertiary/aromatic N) is 1. The third-order valence-corrected chi connectivity index (χ3v) is 4.94. The summed E-state index contributed by atoms with van der Waals surface area (Å²) in [6.07, 6.45) is 16.9. The normalized spacial score (nSPS) is 12.0. The maximum atomic E-state index is 2.33. The Morgan fingerprint density at radius 1 is 0.429 bits per heavy atom. The Morgan fingerprint density at radius 3 is 0.857 bits per heavy atom. The van der Waals surface area contributed by atoms with Gasteiger partial charge in [-0.2, -0.15) is 0 Å². The molecule has 0 fully saturated rings. The number of quaternary nitrogens is 1. The molecule has 0 aromatic heterocycles. The van der Waals surface area contributed by atoms with E-state index in [1.165, 1.54) is 108 Å². The lowest BCUT2D eigenvalue weighted by Gasteiger charge is -2.39. The lowest BCUT2D eigenvalue weighted by molar-refractivity contribution is -0.929. The molecule has 0 atom stereocenters. The van der Waals surface area contributed by atoms with Crippen molar-refractivity contribution in [2.45, 2.75) is 105 Å². The molecule has 130 valence electrons. The zero-order valence-corrected chi connectivity index (χ0v) is 15.8. The Hall–Kier alpha value is -0.0400. The zero-order chi connectivity index (χ0) is 15.8. The second kappa shape index (κ2) is 14.9. The Balaban J connectivity index is 0. The van der Waals surface area contributed by atoms with Crippen molar-refractivity contribution in [3.8, 4) is 0 Å². The number of unbranched alkanes of at least 4 members (excludes halogenated alkanes) is 8. The lowest BCUT2D eigenvalue weighted by atomic mass is 10.1. The van der Waals surface area contributed by atoms with Crippen molar-refractivity contribution in [1.82, 2.24) is 0 Å². The minimum Gasteiger partial charge on any atom is -1.00 e. The van der Waals surface area contributed by atoms with Gasteiger partial charge in [0.25, 0.3) is 0 Å². The molecule has 0 amide bonds. The molecule has 0 aliphatic rings. The summed E-state index contributed by atoms with van der Waals surface area (Å²) in [4.78, 5) is 0. The molecule has 0 bridgehead atoms. The molecule has 21 heavy (non-hydrogen) atoms. The predicted octanol–water partition coefficient (Wildman–Crippen LogP) is 6.68. The number of hydrogen-bond donors (Lipinski definition) is 0. The van der Waals surface area contributed by atoms with Crippen molar-refractivity contribution < 1.29 is 5.91 Å². The van der Waals surface area contributed by atoms with Crippen LogP contribution in [0.2, 0.25) is 0 Å². The van der Waals surface area contributed by atoms with Gasteiger partial charge in [0.2, 0.25) is 0 Å². The third-order valence-electron chi connectivity index (χ3n) is 4.94. The summed E-state index contributed by atoms with van der Waals surface area (Å²) in [6, 6.07) is 0. The molecule has 0 aromatic rings. The van der Waals surface area contributed by atoms with Gasteiger partial charge in [0.15, 0.2) is 0 Å². The fraction of sp³-hybridized carbons (Fsp3) is 1.00. The molecule has 1 heteroatoms. The van der Waals surface area contributed by atoms with E-state index in [0.29, 0.717) is 0 Å². The molecule has 0 spiro atoms. The number of hydrogen-bond acceptors (Lipinski definition) is 0. The Kier molecular flexibility index (Phi) is 14.9. The van der Waals surface area contributed by atoms with Crippen molar-refractivity contribution >= 4 is 0 Å². The van der Waals surface area contributed by atoms with E-state index in [-0.39, 0.29) is 1.43 Å². The van der Waals surface area contributed by atoms with Gasteiger partial charge in [0, 0.05) is 0 Å². The second-order valence-corrected chi connectivity index (χ2v) is 7.06. The summed E-state index contributed by atoms with van der Waals surface area (Å²) in [7, 11) is 0. The summed E-state index contributed by atoms with van der Waals surface area (Å²) >= 11 is 0. The van der Waals surface area contributed by atoms with Crippen LogP contribution in [0.4, 0.5) is 0 Å². The van der Waals surface area contributed by atoms with Gasteiger partial charge in [-0.25, -0.2) is 0 Å². The van der Waals surface area contributed by atoms with Crippen LogP contribution in [0.5, 0.6) is 0 Å². The molecular weight excluding hydrogens is 254 g/mol. The van der Waals surface area contributed by atoms with Crippen molar-refractivity contribution in [2.24, 2.45) is 0 Å². The second-order valence-electron chi connectivity index (χ2n) is 7.06. The van der Waals surface area contributed by atoms with E-state index in [4.69, 9.17) is 0 Å². The van der Waals surface area contributed by atoms with Gasteiger partial charge >= 0.3 is 0 Å². The monoisotopic (exact) mass is 299 g/mol. The SMILES string of the molecule is CCCCC[N+](CCCCC)(CCCCC)CCCCC.[H-]. The summed E-state index contributed by atoms with van der Waals surface area (Å²) in [6.45, 7) is 15.1. The van der Waals surface area contributed by atoms with E-state index < -0.39 is 0 Å². The van der Waals surface area contributed by atoms with Crippen LogP contribution in [0.3, 0.4) is 0 Å². The van der Waals surface area contributed by atoms with Crippen molar-refractivity contribution in [2.75, 3.05) is 26.2 Å². The largest absolute Gasteiger partial charge is 1.00 e. The van der Waals surface area contributed by atoms with E-state index in [1.807, 2.05) is 0 Å². The van der Waals surface area contributed by atoms with E-state index in [1.54, 1.807) is 0 Å². The average molecular weight is 300 g/mol. The highest BCUT2D eigenvalue weighted by atomic mass is 15.3. The van der Waals surface area contributed by atoms with Crippen LogP contribution >= 0.6 is 0 Å². The van der Waals surface area contributed by atoms with Gasteiger partial charge < -0.3 is 5.91 Å². The fourth-order valence-corrected chi connectivity index (χ4v) is 3.46. The van der Waals surface area contributed by atoms with E-state index in [9.17, 15) is 0 Å². The first-order valence-corrected chi connectivity index (χ1v) is 10.1. The van der Waals surface area contributed by atoms with Crippen LogP contribution < -0.4 is 0 Å². The molecule has 0 radical (unpaired) electrons. The Labute approximate surface area is 137 Å². The van der Waals surface area contributed by atoms with Gasteiger partial charge in [-0.3, -0.25) is 0 Å². The summed E-state index contributed by atoms with van der Waals surface area (Å²) in [5.74, 6) is 0. The van der Waals surface area contributed by atoms with Gasteiger partial charge in [-0.1, -0.05) is 53.4 Å². The highest BCUT2D eigenvalue weighted by molar-refractivity contribution is 4.51. The van der Waals surface area contributed by atoms with Crippen LogP contribution in [0.25, 0.3) is 0 Å². The minimum absolute atomic E-state index is 0. The molecule has 0 aliphatic heterocycles. The average Bonchev–Trinajstić information content (AvgIpc) is 2.48. The maximum Gasteiger partial charge on any atom is 0.0786 e. The molecule has 0 aromatic carbocycles. The molecular formula is C20H45N. The van der Waals surface area contributed by atoms with E-state index in [0.717, 1.165) is 0 Å².